The van der Waals surface area contributed by atoms with E-state index in [1.807, 2.05) is 30.7 Å². The van der Waals surface area contributed by atoms with Gasteiger partial charge in [0.2, 0.25) is 5.91 Å². The van der Waals surface area contributed by atoms with Gasteiger partial charge in [-0.05, 0) is 81.5 Å². The van der Waals surface area contributed by atoms with Crippen LogP contribution < -0.4 is 5.32 Å². The van der Waals surface area contributed by atoms with Crippen molar-refractivity contribution in [3.05, 3.63) is 82.2 Å². The fraction of sp³-hybridized carbons (Fsp3) is 0.296. The highest BCUT2D eigenvalue weighted by Crippen LogP contribution is 2.28. The first-order valence-corrected chi connectivity index (χ1v) is 11.2. The quantitative estimate of drug-likeness (QED) is 0.425. The summed E-state index contributed by atoms with van der Waals surface area (Å²) in [5.74, 6) is 0.0141. The van der Waals surface area contributed by atoms with E-state index in [2.05, 4.69) is 62.5 Å². The Kier molecular flexibility index (Phi) is 6.08. The second kappa shape index (κ2) is 8.95. The first-order chi connectivity index (χ1) is 15.4. The maximum absolute atomic E-state index is 12.6. The number of carbonyl (C=O) groups is 1. The van der Waals surface area contributed by atoms with Gasteiger partial charge in [0, 0.05) is 23.2 Å². The molecule has 0 aliphatic rings. The molecule has 0 bridgehead atoms. The number of anilines is 1. The van der Waals surface area contributed by atoms with Crippen molar-refractivity contribution in [3.8, 4) is 5.69 Å². The zero-order chi connectivity index (χ0) is 22.8. The van der Waals surface area contributed by atoms with Crippen molar-refractivity contribution >= 4 is 22.6 Å². The third-order valence-corrected chi connectivity index (χ3v) is 6.10. The number of hydrogen-bond donors (Lipinski definition) is 1. The number of benzene rings is 2. The average Bonchev–Trinajstić information content (AvgIpc) is 3.10. The Balaban J connectivity index is 1.57. The van der Waals surface area contributed by atoms with E-state index < -0.39 is 0 Å². The van der Waals surface area contributed by atoms with Gasteiger partial charge in [-0.25, -0.2) is 9.67 Å². The van der Waals surface area contributed by atoms with Gasteiger partial charge >= 0.3 is 0 Å². The lowest BCUT2D eigenvalue weighted by atomic mass is 9.99. The Labute approximate surface area is 189 Å². The average molecular weight is 427 g/mol. The van der Waals surface area contributed by atoms with Gasteiger partial charge in [0.15, 0.2) is 5.65 Å². The van der Waals surface area contributed by atoms with E-state index in [0.29, 0.717) is 12.8 Å². The molecule has 1 amide bonds. The smallest absolute Gasteiger partial charge is 0.224 e. The predicted molar refractivity (Wildman–Crippen MR) is 131 cm³/mol. The van der Waals surface area contributed by atoms with Crippen LogP contribution in [0.4, 0.5) is 5.69 Å². The van der Waals surface area contributed by atoms with Crippen molar-refractivity contribution in [1.29, 1.82) is 0 Å². The van der Waals surface area contributed by atoms with E-state index in [1.165, 1.54) is 11.1 Å². The van der Waals surface area contributed by atoms with Crippen LogP contribution in [0.15, 0.2) is 48.5 Å². The summed E-state index contributed by atoms with van der Waals surface area (Å²) in [6.07, 6.45) is 2.05. The van der Waals surface area contributed by atoms with Gasteiger partial charge in [0.05, 0.1) is 11.4 Å². The van der Waals surface area contributed by atoms with Crippen molar-refractivity contribution in [2.45, 2.75) is 53.9 Å². The second-order valence-corrected chi connectivity index (χ2v) is 8.43. The molecule has 0 saturated carbocycles. The summed E-state index contributed by atoms with van der Waals surface area (Å²) in [6, 6.07) is 16.3. The van der Waals surface area contributed by atoms with Crippen molar-refractivity contribution in [2.75, 3.05) is 5.32 Å². The van der Waals surface area contributed by atoms with Crippen LogP contribution in [-0.2, 0) is 17.6 Å². The topological polar surface area (TPSA) is 59.8 Å². The van der Waals surface area contributed by atoms with Gasteiger partial charge in [-0.1, -0.05) is 36.8 Å². The van der Waals surface area contributed by atoms with Crippen LogP contribution in [0.5, 0.6) is 0 Å². The number of aromatic nitrogens is 3. The van der Waals surface area contributed by atoms with E-state index in [9.17, 15) is 4.79 Å². The highest BCUT2D eigenvalue weighted by atomic mass is 16.1. The van der Waals surface area contributed by atoms with E-state index in [0.717, 1.165) is 51.3 Å². The summed E-state index contributed by atoms with van der Waals surface area (Å²) >= 11 is 0. The molecule has 5 nitrogen and oxygen atoms in total. The van der Waals surface area contributed by atoms with E-state index in [4.69, 9.17) is 10.1 Å². The van der Waals surface area contributed by atoms with Gasteiger partial charge < -0.3 is 5.32 Å². The molecule has 164 valence electrons. The Morgan fingerprint density at radius 2 is 1.62 bits per heavy atom. The molecule has 0 aliphatic heterocycles. The lowest BCUT2D eigenvalue weighted by Crippen LogP contribution is -2.13. The fourth-order valence-electron chi connectivity index (χ4n) is 4.23. The van der Waals surface area contributed by atoms with Crippen LogP contribution in [0, 0.1) is 27.7 Å². The lowest BCUT2D eigenvalue weighted by Gasteiger charge is -2.12. The van der Waals surface area contributed by atoms with E-state index in [1.54, 1.807) is 0 Å². The molecule has 2 heterocycles. The van der Waals surface area contributed by atoms with Crippen molar-refractivity contribution in [1.82, 2.24) is 14.8 Å². The number of nitrogens with one attached hydrogen (secondary N) is 1. The molecule has 0 unspecified atom stereocenters. The van der Waals surface area contributed by atoms with Crippen LogP contribution in [0.25, 0.3) is 16.7 Å². The largest absolute Gasteiger partial charge is 0.326 e. The number of carbonyl (C=O) groups excluding carboxylic acids is 1. The molecule has 0 atom stereocenters. The molecule has 2 aromatic heterocycles. The zero-order valence-corrected chi connectivity index (χ0v) is 19.5. The van der Waals surface area contributed by atoms with Gasteiger partial charge in [0.1, 0.15) is 0 Å². The van der Waals surface area contributed by atoms with E-state index in [-0.39, 0.29) is 5.91 Å². The molecular weight excluding hydrogens is 396 g/mol. The number of aryl methyl sites for hydroxylation is 5. The molecule has 4 rings (SSSR count). The Bertz CT molecular complexity index is 1270. The maximum Gasteiger partial charge on any atom is 0.224 e. The van der Waals surface area contributed by atoms with Gasteiger partial charge in [-0.3, -0.25) is 4.79 Å². The number of rotatable bonds is 6. The third-order valence-electron chi connectivity index (χ3n) is 6.10. The fourth-order valence-corrected chi connectivity index (χ4v) is 4.23. The standard InChI is InChI=1S/C27H30N4O/c1-6-21-9-11-22(12-10-21)29-25(32)16-15-24-18(3)26-20(5)30-31(27(26)28-19(24)4)23-13-7-17(2)8-14-23/h7-14H,6,15-16H2,1-5H3,(H,29,32). The molecule has 32 heavy (non-hydrogen) atoms. The summed E-state index contributed by atoms with van der Waals surface area (Å²) in [7, 11) is 0. The zero-order valence-electron chi connectivity index (χ0n) is 19.5. The molecule has 0 radical (unpaired) electrons. The highest BCUT2D eigenvalue weighted by molar-refractivity contribution is 5.91. The van der Waals surface area contributed by atoms with Crippen LogP contribution in [0.2, 0.25) is 0 Å². The van der Waals surface area contributed by atoms with Gasteiger partial charge in [0.25, 0.3) is 0 Å². The summed E-state index contributed by atoms with van der Waals surface area (Å²) in [4.78, 5) is 17.5. The summed E-state index contributed by atoms with van der Waals surface area (Å²) in [6.45, 7) is 10.3. The third kappa shape index (κ3) is 4.28. The number of hydrogen-bond acceptors (Lipinski definition) is 3. The Morgan fingerprint density at radius 1 is 0.938 bits per heavy atom. The SMILES string of the molecule is CCc1ccc(NC(=O)CCc2c(C)nc3c(c(C)nn3-c3ccc(C)cc3)c2C)cc1. The van der Waals surface area contributed by atoms with Crippen LogP contribution in [0.3, 0.4) is 0 Å². The molecule has 5 heteroatoms. The first-order valence-electron chi connectivity index (χ1n) is 11.2. The van der Waals surface area contributed by atoms with Crippen molar-refractivity contribution in [2.24, 2.45) is 0 Å². The van der Waals surface area contributed by atoms with Crippen LogP contribution in [-0.4, -0.2) is 20.7 Å². The first kappa shape index (κ1) is 21.8. The molecule has 1 N–H and O–H groups in total. The predicted octanol–water partition coefficient (Wildman–Crippen LogP) is 5.79. The summed E-state index contributed by atoms with van der Waals surface area (Å²) in [5.41, 5.74) is 9.36. The number of nitrogens with zero attached hydrogens (tertiary/aromatic N) is 3. The van der Waals surface area contributed by atoms with E-state index >= 15 is 0 Å². The monoisotopic (exact) mass is 426 g/mol. The molecule has 0 saturated heterocycles. The number of pyridine rings is 1. The van der Waals surface area contributed by atoms with Gasteiger partial charge in [-0.15, -0.1) is 0 Å². The lowest BCUT2D eigenvalue weighted by molar-refractivity contribution is -0.116. The summed E-state index contributed by atoms with van der Waals surface area (Å²) < 4.78 is 1.92. The van der Waals surface area contributed by atoms with Gasteiger partial charge in [-0.2, -0.15) is 5.10 Å². The molecular formula is C27H30N4O. The second-order valence-electron chi connectivity index (χ2n) is 8.43. The molecule has 4 aromatic rings. The normalized spacial score (nSPS) is 11.2. The summed E-state index contributed by atoms with van der Waals surface area (Å²) in [5, 5.41) is 8.85. The molecule has 0 spiro atoms. The number of amides is 1. The Morgan fingerprint density at radius 3 is 2.28 bits per heavy atom. The van der Waals surface area contributed by atoms with Crippen molar-refractivity contribution < 1.29 is 4.79 Å². The maximum atomic E-state index is 12.6. The highest BCUT2D eigenvalue weighted by Gasteiger charge is 2.18. The minimum absolute atomic E-state index is 0.0141. The Hall–Kier alpha value is -3.47. The van der Waals surface area contributed by atoms with Crippen molar-refractivity contribution in [3.63, 3.8) is 0 Å². The number of fused-ring (bicyclic) bond motifs is 1. The molecule has 0 fully saturated rings. The molecule has 2 aromatic carbocycles. The van der Waals surface area contributed by atoms with Crippen LogP contribution >= 0.6 is 0 Å². The minimum Gasteiger partial charge on any atom is -0.326 e. The van der Waals surface area contributed by atoms with Crippen LogP contribution in [0.1, 0.15) is 47.0 Å². The minimum atomic E-state index is 0.0141. The molecule has 0 aliphatic carbocycles.